The van der Waals surface area contributed by atoms with E-state index in [9.17, 15) is 9.59 Å². The molecule has 5 nitrogen and oxygen atoms in total. The number of carbonyl (C=O) groups is 2. The second kappa shape index (κ2) is 10.5. The molecule has 2 aromatic carbocycles. The van der Waals surface area contributed by atoms with E-state index in [-0.39, 0.29) is 11.8 Å². The van der Waals surface area contributed by atoms with Gasteiger partial charge in [0.2, 0.25) is 11.8 Å². The Hall–Kier alpha value is -2.82. The van der Waals surface area contributed by atoms with Crippen molar-refractivity contribution in [1.82, 2.24) is 10.2 Å². The van der Waals surface area contributed by atoms with Gasteiger partial charge in [0, 0.05) is 20.0 Å². The molecular formula is C23H30N2O3. The van der Waals surface area contributed by atoms with E-state index < -0.39 is 6.04 Å². The number of rotatable bonds is 9. The smallest absolute Gasteiger partial charge is 0.242 e. The highest BCUT2D eigenvalue weighted by atomic mass is 16.5. The average Bonchev–Trinajstić information content (AvgIpc) is 2.73. The number of methoxy groups -OCH3 is 1. The molecule has 0 radical (unpaired) electrons. The van der Waals surface area contributed by atoms with Gasteiger partial charge >= 0.3 is 0 Å². The van der Waals surface area contributed by atoms with Crippen molar-refractivity contribution in [3.8, 4) is 5.75 Å². The summed E-state index contributed by atoms with van der Waals surface area (Å²) in [5.41, 5.74) is 3.28. The van der Waals surface area contributed by atoms with Gasteiger partial charge in [-0.1, -0.05) is 48.9 Å². The third kappa shape index (κ3) is 5.84. The van der Waals surface area contributed by atoms with Crippen LogP contribution in [-0.2, 0) is 22.6 Å². The lowest BCUT2D eigenvalue weighted by atomic mass is 10.1. The topological polar surface area (TPSA) is 58.6 Å². The van der Waals surface area contributed by atoms with E-state index in [1.54, 1.807) is 19.1 Å². The molecule has 0 aliphatic heterocycles. The molecule has 28 heavy (non-hydrogen) atoms. The summed E-state index contributed by atoms with van der Waals surface area (Å²) in [5, 5.41) is 2.68. The Labute approximate surface area is 167 Å². The van der Waals surface area contributed by atoms with Gasteiger partial charge in [-0.05, 0) is 43.0 Å². The molecule has 0 bridgehead atoms. The van der Waals surface area contributed by atoms with Crippen LogP contribution in [0.15, 0.2) is 48.5 Å². The van der Waals surface area contributed by atoms with E-state index >= 15 is 0 Å². The van der Waals surface area contributed by atoms with Gasteiger partial charge < -0.3 is 15.0 Å². The molecule has 0 spiro atoms. The first-order chi connectivity index (χ1) is 13.5. The molecule has 2 amide bonds. The molecular weight excluding hydrogens is 352 g/mol. The van der Waals surface area contributed by atoms with Crippen molar-refractivity contribution < 1.29 is 14.3 Å². The molecule has 2 rings (SSSR count). The Balaban J connectivity index is 2.16. The summed E-state index contributed by atoms with van der Waals surface area (Å²) in [6.45, 7) is 4.36. The van der Waals surface area contributed by atoms with Gasteiger partial charge in [0.15, 0.2) is 0 Å². The molecule has 2 aromatic rings. The van der Waals surface area contributed by atoms with Crippen LogP contribution in [0.5, 0.6) is 5.75 Å². The molecule has 0 saturated carbocycles. The average molecular weight is 383 g/mol. The monoisotopic (exact) mass is 382 g/mol. The molecule has 5 heteroatoms. The second-order valence-electron chi connectivity index (χ2n) is 6.89. The van der Waals surface area contributed by atoms with Crippen molar-refractivity contribution in [3.63, 3.8) is 0 Å². The molecule has 1 atom stereocenters. The lowest BCUT2D eigenvalue weighted by Crippen LogP contribution is -2.48. The number of nitrogens with zero attached hydrogens (tertiary/aromatic N) is 1. The summed E-state index contributed by atoms with van der Waals surface area (Å²) in [5.74, 6) is 0.603. The van der Waals surface area contributed by atoms with E-state index in [2.05, 4.69) is 5.32 Å². The number of benzene rings is 2. The zero-order chi connectivity index (χ0) is 20.5. The predicted octanol–water partition coefficient (Wildman–Crippen LogP) is 3.49. The lowest BCUT2D eigenvalue weighted by Gasteiger charge is -2.30. The van der Waals surface area contributed by atoms with Crippen LogP contribution in [0.4, 0.5) is 0 Å². The van der Waals surface area contributed by atoms with Crippen LogP contribution < -0.4 is 10.1 Å². The maximum atomic E-state index is 13.1. The van der Waals surface area contributed by atoms with Crippen LogP contribution in [0.2, 0.25) is 0 Å². The van der Waals surface area contributed by atoms with E-state index in [0.29, 0.717) is 25.8 Å². The molecule has 0 unspecified atom stereocenters. The third-order valence-corrected chi connectivity index (χ3v) is 4.89. The maximum absolute atomic E-state index is 13.1. The first kappa shape index (κ1) is 21.5. The van der Waals surface area contributed by atoms with E-state index in [1.807, 2.05) is 62.4 Å². The summed E-state index contributed by atoms with van der Waals surface area (Å²) < 4.78 is 5.20. The minimum atomic E-state index is -0.488. The van der Waals surface area contributed by atoms with Crippen molar-refractivity contribution in [1.29, 1.82) is 0 Å². The maximum Gasteiger partial charge on any atom is 0.242 e. The minimum absolute atomic E-state index is 0.0214. The van der Waals surface area contributed by atoms with Gasteiger partial charge in [-0.2, -0.15) is 0 Å². The van der Waals surface area contributed by atoms with Crippen LogP contribution >= 0.6 is 0 Å². The summed E-state index contributed by atoms with van der Waals surface area (Å²) in [6, 6.07) is 15.3. The Morgan fingerprint density at radius 3 is 2.18 bits per heavy atom. The van der Waals surface area contributed by atoms with Crippen LogP contribution in [0.1, 0.15) is 36.5 Å². The van der Waals surface area contributed by atoms with Gasteiger partial charge in [0.05, 0.1) is 7.11 Å². The Bertz CT molecular complexity index is 769. The molecule has 0 aliphatic carbocycles. The number of nitrogens with one attached hydrogen (secondary N) is 1. The Morgan fingerprint density at radius 1 is 1.04 bits per heavy atom. The molecule has 0 heterocycles. The van der Waals surface area contributed by atoms with Gasteiger partial charge in [-0.25, -0.2) is 0 Å². The zero-order valence-corrected chi connectivity index (χ0v) is 17.2. The largest absolute Gasteiger partial charge is 0.497 e. The van der Waals surface area contributed by atoms with E-state index in [1.165, 1.54) is 5.56 Å². The zero-order valence-electron chi connectivity index (χ0n) is 17.2. The lowest BCUT2D eigenvalue weighted by molar-refractivity contribution is -0.141. The predicted molar refractivity (Wildman–Crippen MR) is 111 cm³/mol. The fraction of sp³-hybridized carbons (Fsp3) is 0.391. The molecule has 150 valence electrons. The fourth-order valence-corrected chi connectivity index (χ4v) is 3.16. The highest BCUT2D eigenvalue weighted by Gasteiger charge is 2.27. The number of carbonyl (C=O) groups excluding carboxylic acids is 2. The first-order valence-electron chi connectivity index (χ1n) is 9.68. The van der Waals surface area contributed by atoms with Crippen molar-refractivity contribution in [2.45, 2.75) is 45.7 Å². The number of hydrogen-bond donors (Lipinski definition) is 1. The van der Waals surface area contributed by atoms with Crippen LogP contribution in [0, 0.1) is 6.92 Å². The summed E-state index contributed by atoms with van der Waals surface area (Å²) in [7, 11) is 3.22. The summed E-state index contributed by atoms with van der Waals surface area (Å²) in [4.78, 5) is 27.1. The quantitative estimate of drug-likeness (QED) is 0.722. The van der Waals surface area contributed by atoms with Crippen molar-refractivity contribution in [2.75, 3.05) is 14.2 Å². The molecule has 0 saturated heterocycles. The van der Waals surface area contributed by atoms with E-state index in [4.69, 9.17) is 4.74 Å². The summed E-state index contributed by atoms with van der Waals surface area (Å²) >= 11 is 0. The number of ether oxygens (including phenoxy) is 1. The molecule has 1 N–H and O–H groups in total. The fourth-order valence-electron chi connectivity index (χ4n) is 3.16. The molecule has 0 fully saturated rings. The van der Waals surface area contributed by atoms with Gasteiger partial charge in [-0.3, -0.25) is 9.59 Å². The van der Waals surface area contributed by atoms with E-state index in [0.717, 1.165) is 16.9 Å². The van der Waals surface area contributed by atoms with Crippen molar-refractivity contribution in [3.05, 3.63) is 65.2 Å². The SMILES string of the molecule is CC[C@@H](C(=O)NC)N(Cc1ccc(OC)cc1)C(=O)CCc1ccc(C)cc1. The van der Waals surface area contributed by atoms with Gasteiger partial charge in [-0.15, -0.1) is 0 Å². The second-order valence-corrected chi connectivity index (χ2v) is 6.89. The Morgan fingerprint density at radius 2 is 1.64 bits per heavy atom. The number of aryl methyl sites for hydroxylation is 2. The standard InChI is InChI=1S/C23H30N2O3/c1-5-21(23(27)24-3)25(16-19-10-13-20(28-4)14-11-19)22(26)15-12-18-8-6-17(2)7-9-18/h6-11,13-14,21H,5,12,15-16H2,1-4H3,(H,24,27)/t21-/m0/s1. The molecule has 0 aromatic heterocycles. The minimum Gasteiger partial charge on any atom is -0.497 e. The van der Waals surface area contributed by atoms with Crippen molar-refractivity contribution >= 4 is 11.8 Å². The normalized spacial score (nSPS) is 11.6. The molecule has 0 aliphatic rings. The number of likely N-dealkylation sites (N-methyl/N-ethyl adjacent to an activating group) is 1. The highest BCUT2D eigenvalue weighted by molar-refractivity contribution is 5.87. The van der Waals surface area contributed by atoms with Crippen LogP contribution in [0.3, 0.4) is 0 Å². The number of hydrogen-bond acceptors (Lipinski definition) is 3. The first-order valence-corrected chi connectivity index (χ1v) is 9.68. The summed E-state index contributed by atoms with van der Waals surface area (Å²) in [6.07, 6.45) is 1.58. The van der Waals surface area contributed by atoms with Crippen molar-refractivity contribution in [2.24, 2.45) is 0 Å². The van der Waals surface area contributed by atoms with Gasteiger partial charge in [0.25, 0.3) is 0 Å². The van der Waals surface area contributed by atoms with Crippen LogP contribution in [0.25, 0.3) is 0 Å². The third-order valence-electron chi connectivity index (χ3n) is 4.89. The number of amides is 2. The van der Waals surface area contributed by atoms with Crippen LogP contribution in [-0.4, -0.2) is 36.9 Å². The highest BCUT2D eigenvalue weighted by Crippen LogP contribution is 2.17. The van der Waals surface area contributed by atoms with Gasteiger partial charge in [0.1, 0.15) is 11.8 Å². The Kier molecular flexibility index (Phi) is 8.05.